The van der Waals surface area contributed by atoms with Crippen LogP contribution in [0.5, 0.6) is 5.75 Å². The lowest BCUT2D eigenvalue weighted by atomic mass is 10.1. The Labute approximate surface area is 146 Å². The highest BCUT2D eigenvalue weighted by Gasteiger charge is 2.17. The number of methoxy groups -OCH3 is 1. The van der Waals surface area contributed by atoms with Gasteiger partial charge in [-0.25, -0.2) is 0 Å². The Kier molecular flexibility index (Phi) is 5.82. The fourth-order valence-corrected chi connectivity index (χ4v) is 2.51. The highest BCUT2D eigenvalue weighted by molar-refractivity contribution is 7.80. The van der Waals surface area contributed by atoms with Crippen LogP contribution >= 0.6 is 23.8 Å². The molecule has 0 fully saturated rings. The molecule has 2 rings (SSSR count). The molecular formula is C17H18ClNO3S. The first-order valence-electron chi connectivity index (χ1n) is 6.98. The zero-order chi connectivity index (χ0) is 17.0. The van der Waals surface area contributed by atoms with Gasteiger partial charge in [0, 0.05) is 10.6 Å². The lowest BCUT2D eigenvalue weighted by molar-refractivity contribution is 0.264. The predicted molar refractivity (Wildman–Crippen MR) is 95.6 cm³/mol. The SMILES string of the molecule is COC(=S)N(O)c1cccc(Cl)c1COc1ccc(C)cc1C. The van der Waals surface area contributed by atoms with Gasteiger partial charge in [0.1, 0.15) is 12.4 Å². The highest BCUT2D eigenvalue weighted by atomic mass is 35.5. The van der Waals surface area contributed by atoms with Crippen LogP contribution in [0.15, 0.2) is 36.4 Å². The van der Waals surface area contributed by atoms with Crippen molar-refractivity contribution in [3.8, 4) is 5.75 Å². The minimum atomic E-state index is -0.0694. The van der Waals surface area contributed by atoms with Gasteiger partial charge in [0.2, 0.25) is 0 Å². The van der Waals surface area contributed by atoms with Gasteiger partial charge >= 0.3 is 0 Å². The Morgan fingerprint density at radius 3 is 2.65 bits per heavy atom. The molecule has 1 N–H and O–H groups in total. The van der Waals surface area contributed by atoms with Crippen molar-refractivity contribution in [2.75, 3.05) is 12.2 Å². The van der Waals surface area contributed by atoms with Gasteiger partial charge in [-0.1, -0.05) is 35.4 Å². The third-order valence-electron chi connectivity index (χ3n) is 3.37. The number of aryl methyl sites for hydroxylation is 2. The first-order valence-corrected chi connectivity index (χ1v) is 7.77. The van der Waals surface area contributed by atoms with Gasteiger partial charge in [-0.15, -0.1) is 0 Å². The van der Waals surface area contributed by atoms with Crippen LogP contribution in [0.2, 0.25) is 5.02 Å². The van der Waals surface area contributed by atoms with Crippen LogP contribution in [0.4, 0.5) is 5.69 Å². The summed E-state index contributed by atoms with van der Waals surface area (Å²) >= 11 is 11.2. The summed E-state index contributed by atoms with van der Waals surface area (Å²) in [5.74, 6) is 0.764. The van der Waals surface area contributed by atoms with E-state index >= 15 is 0 Å². The number of hydrogen-bond donors (Lipinski definition) is 1. The fraction of sp³-hybridized carbons (Fsp3) is 0.235. The normalized spacial score (nSPS) is 10.3. The van der Waals surface area contributed by atoms with Crippen molar-refractivity contribution in [3.05, 3.63) is 58.1 Å². The minimum absolute atomic E-state index is 0.0694. The van der Waals surface area contributed by atoms with Crippen LogP contribution in [0.25, 0.3) is 0 Å². The lowest BCUT2D eigenvalue weighted by Crippen LogP contribution is -2.27. The molecule has 0 atom stereocenters. The summed E-state index contributed by atoms with van der Waals surface area (Å²) in [6.45, 7) is 4.20. The Morgan fingerprint density at radius 2 is 2.00 bits per heavy atom. The third-order valence-corrected chi connectivity index (χ3v) is 4.07. The molecule has 0 radical (unpaired) electrons. The Hall–Kier alpha value is -1.82. The van der Waals surface area contributed by atoms with Crippen molar-refractivity contribution < 1.29 is 14.7 Å². The molecule has 0 saturated carbocycles. The number of hydroxylamine groups is 1. The number of hydrogen-bond acceptors (Lipinski definition) is 4. The summed E-state index contributed by atoms with van der Waals surface area (Å²) in [5, 5.41) is 11.3. The maximum atomic E-state index is 10.1. The summed E-state index contributed by atoms with van der Waals surface area (Å²) in [6, 6.07) is 11.1. The predicted octanol–water partition coefficient (Wildman–Crippen LogP) is 4.66. The maximum Gasteiger partial charge on any atom is 0.288 e. The molecule has 0 bridgehead atoms. The van der Waals surface area contributed by atoms with Crippen molar-refractivity contribution in [1.82, 2.24) is 0 Å². The van der Waals surface area contributed by atoms with Gasteiger partial charge < -0.3 is 9.47 Å². The van der Waals surface area contributed by atoms with Crippen molar-refractivity contribution in [2.24, 2.45) is 0 Å². The summed E-state index contributed by atoms with van der Waals surface area (Å²) in [4.78, 5) is 0. The highest BCUT2D eigenvalue weighted by Crippen LogP contribution is 2.29. The standard InChI is InChI=1S/C17H18ClNO3S/c1-11-7-8-16(12(2)9-11)22-10-13-14(18)5-4-6-15(13)19(20)17(23)21-3/h4-9,20H,10H2,1-3H3. The lowest BCUT2D eigenvalue weighted by Gasteiger charge is -2.20. The van der Waals surface area contributed by atoms with E-state index in [9.17, 15) is 5.21 Å². The summed E-state index contributed by atoms with van der Waals surface area (Å²) in [6.07, 6.45) is 0. The van der Waals surface area contributed by atoms with Crippen LogP contribution in [0.1, 0.15) is 16.7 Å². The second-order valence-electron chi connectivity index (χ2n) is 5.08. The topological polar surface area (TPSA) is 41.9 Å². The van der Waals surface area contributed by atoms with Gasteiger partial charge in [-0.3, -0.25) is 5.21 Å². The van der Waals surface area contributed by atoms with E-state index in [2.05, 4.69) is 0 Å². The number of nitrogens with zero attached hydrogens (tertiary/aromatic N) is 1. The molecule has 23 heavy (non-hydrogen) atoms. The molecule has 0 spiro atoms. The first kappa shape index (κ1) is 17.5. The van der Waals surface area contributed by atoms with E-state index in [0.717, 1.165) is 16.4 Å². The number of rotatable bonds is 4. The molecule has 0 aromatic heterocycles. The molecule has 0 unspecified atom stereocenters. The van der Waals surface area contributed by atoms with Crippen LogP contribution in [-0.2, 0) is 11.3 Å². The van der Waals surface area contributed by atoms with Gasteiger partial charge in [-0.05, 0) is 49.8 Å². The third kappa shape index (κ3) is 4.13. The summed E-state index contributed by atoms with van der Waals surface area (Å²) in [7, 11) is 1.39. The minimum Gasteiger partial charge on any atom is -0.488 e. The van der Waals surface area contributed by atoms with E-state index in [-0.39, 0.29) is 11.8 Å². The largest absolute Gasteiger partial charge is 0.488 e. The molecule has 0 saturated heterocycles. The van der Waals surface area contributed by atoms with Gasteiger partial charge in [0.05, 0.1) is 12.8 Å². The average molecular weight is 352 g/mol. The van der Waals surface area contributed by atoms with Crippen LogP contribution < -0.4 is 9.80 Å². The molecule has 0 heterocycles. The number of ether oxygens (including phenoxy) is 2. The maximum absolute atomic E-state index is 10.1. The molecule has 4 nitrogen and oxygen atoms in total. The van der Waals surface area contributed by atoms with E-state index in [4.69, 9.17) is 33.3 Å². The number of thiocarbonyl (C=S) groups is 1. The molecule has 2 aromatic carbocycles. The number of halogens is 1. The monoisotopic (exact) mass is 351 g/mol. The fourth-order valence-electron chi connectivity index (χ4n) is 2.18. The first-order chi connectivity index (χ1) is 10.9. The van der Waals surface area contributed by atoms with Crippen molar-refractivity contribution >= 4 is 34.7 Å². The molecular weight excluding hydrogens is 334 g/mol. The zero-order valence-corrected chi connectivity index (χ0v) is 14.7. The van der Waals surface area contributed by atoms with Crippen LogP contribution in [0.3, 0.4) is 0 Å². The average Bonchev–Trinajstić information content (AvgIpc) is 2.53. The number of anilines is 1. The van der Waals surface area contributed by atoms with Gasteiger partial charge in [0.25, 0.3) is 5.17 Å². The van der Waals surface area contributed by atoms with E-state index in [1.54, 1.807) is 18.2 Å². The molecule has 0 amide bonds. The quantitative estimate of drug-likeness (QED) is 0.640. The van der Waals surface area contributed by atoms with Crippen LogP contribution in [0, 0.1) is 13.8 Å². The number of benzene rings is 2. The Bertz CT molecular complexity index is 721. The molecule has 122 valence electrons. The Balaban J connectivity index is 2.27. The molecule has 6 heteroatoms. The van der Waals surface area contributed by atoms with Crippen molar-refractivity contribution in [1.29, 1.82) is 0 Å². The van der Waals surface area contributed by atoms with Crippen molar-refractivity contribution in [3.63, 3.8) is 0 Å². The summed E-state index contributed by atoms with van der Waals surface area (Å²) < 4.78 is 10.7. The van der Waals surface area contributed by atoms with Crippen molar-refractivity contribution in [2.45, 2.75) is 20.5 Å². The Morgan fingerprint density at radius 1 is 1.26 bits per heavy atom. The molecule has 2 aromatic rings. The van der Waals surface area contributed by atoms with E-state index in [0.29, 0.717) is 16.3 Å². The van der Waals surface area contributed by atoms with E-state index < -0.39 is 0 Å². The van der Waals surface area contributed by atoms with Gasteiger partial charge in [-0.2, -0.15) is 5.06 Å². The zero-order valence-electron chi connectivity index (χ0n) is 13.2. The second-order valence-corrected chi connectivity index (χ2v) is 5.83. The summed E-state index contributed by atoms with van der Waals surface area (Å²) in [5.41, 5.74) is 3.25. The molecule has 0 aliphatic carbocycles. The van der Waals surface area contributed by atoms with Gasteiger partial charge in [0.15, 0.2) is 0 Å². The van der Waals surface area contributed by atoms with E-state index in [1.165, 1.54) is 12.7 Å². The van der Waals surface area contributed by atoms with Crippen LogP contribution in [-0.4, -0.2) is 17.5 Å². The van der Waals surface area contributed by atoms with E-state index in [1.807, 2.05) is 32.0 Å². The second kappa shape index (κ2) is 7.64. The molecule has 0 aliphatic rings. The smallest absolute Gasteiger partial charge is 0.288 e. The molecule has 0 aliphatic heterocycles.